The molecule has 15 heteroatoms. The van der Waals surface area contributed by atoms with Crippen molar-refractivity contribution in [3.05, 3.63) is 0 Å². The number of primary amides is 1. The number of carbonyl (C=O) groups is 6. The molecule has 0 aliphatic heterocycles. The standard InChI is InChI=1S/C18H31N5O8S2/c1-32-5-3-10(16(28)22-11(18(30)31)4-6-33-2)21-17(29)12(8-14(25)26)23-15(27)9(19)7-13(20)24/h9-12H,3-8,19H2,1-2H3,(H2,20,24)(H,21,29)(H,22,28)(H,23,27)(H,25,26)(H,30,31). The Kier molecular flexibility index (Phi) is 14.9. The zero-order valence-electron chi connectivity index (χ0n) is 18.4. The van der Waals surface area contributed by atoms with Crippen molar-refractivity contribution in [1.29, 1.82) is 0 Å². The normalized spacial score (nSPS) is 14.3. The highest BCUT2D eigenvalue weighted by Crippen LogP contribution is 2.06. The van der Waals surface area contributed by atoms with Gasteiger partial charge in [0.1, 0.15) is 18.1 Å². The fraction of sp³-hybridized carbons (Fsp3) is 0.667. The Morgan fingerprint density at radius 3 is 1.67 bits per heavy atom. The summed E-state index contributed by atoms with van der Waals surface area (Å²) in [4.78, 5) is 71.0. The predicted molar refractivity (Wildman–Crippen MR) is 123 cm³/mol. The molecule has 0 fully saturated rings. The van der Waals surface area contributed by atoms with Gasteiger partial charge in [-0.25, -0.2) is 4.79 Å². The third-order valence-electron chi connectivity index (χ3n) is 4.24. The Bertz CT molecular complexity index is 724. The largest absolute Gasteiger partial charge is 0.481 e. The van der Waals surface area contributed by atoms with Crippen LogP contribution in [-0.2, 0) is 28.8 Å². The molecule has 0 aliphatic carbocycles. The first-order valence-corrected chi connectivity index (χ1v) is 12.6. The fourth-order valence-electron chi connectivity index (χ4n) is 2.51. The minimum Gasteiger partial charge on any atom is -0.481 e. The SMILES string of the molecule is CSCCC(NC(=O)C(CCSC)NC(=O)C(CC(=O)O)NC(=O)C(N)CC(N)=O)C(=O)O. The minimum atomic E-state index is -1.59. The number of carboxylic acid groups (broad SMARTS) is 2. The molecule has 9 N–H and O–H groups in total. The monoisotopic (exact) mass is 509 g/mol. The summed E-state index contributed by atoms with van der Waals surface area (Å²) in [5.41, 5.74) is 10.5. The maximum atomic E-state index is 12.7. The number of nitrogens with two attached hydrogens (primary N) is 2. The highest BCUT2D eigenvalue weighted by atomic mass is 32.2. The van der Waals surface area contributed by atoms with Crippen molar-refractivity contribution in [3.8, 4) is 0 Å². The van der Waals surface area contributed by atoms with Gasteiger partial charge in [0.15, 0.2) is 0 Å². The second-order valence-electron chi connectivity index (χ2n) is 6.96. The zero-order chi connectivity index (χ0) is 25.6. The second kappa shape index (κ2) is 16.1. The van der Waals surface area contributed by atoms with Crippen LogP contribution in [0, 0.1) is 0 Å². The Balaban J connectivity index is 5.45. The Morgan fingerprint density at radius 1 is 0.758 bits per heavy atom. The van der Waals surface area contributed by atoms with E-state index in [1.807, 2.05) is 0 Å². The number of nitrogens with one attached hydrogen (secondary N) is 3. The quantitative estimate of drug-likeness (QED) is 0.110. The van der Waals surface area contributed by atoms with Crippen LogP contribution in [0.4, 0.5) is 0 Å². The molecule has 0 bridgehead atoms. The molecular weight excluding hydrogens is 478 g/mol. The van der Waals surface area contributed by atoms with Crippen LogP contribution >= 0.6 is 23.5 Å². The van der Waals surface area contributed by atoms with E-state index >= 15 is 0 Å². The molecule has 4 atom stereocenters. The fourth-order valence-corrected chi connectivity index (χ4v) is 3.46. The summed E-state index contributed by atoms with van der Waals surface area (Å²) in [6.07, 6.45) is 2.52. The number of rotatable bonds is 17. The number of hydrogen-bond acceptors (Lipinski definition) is 9. The van der Waals surface area contributed by atoms with Crippen LogP contribution < -0.4 is 27.4 Å². The molecule has 0 aromatic carbocycles. The Labute approximate surface area is 199 Å². The lowest BCUT2D eigenvalue weighted by molar-refractivity contribution is -0.143. The Hall–Kier alpha value is -2.52. The lowest BCUT2D eigenvalue weighted by Crippen LogP contribution is -2.57. The van der Waals surface area contributed by atoms with E-state index in [2.05, 4.69) is 16.0 Å². The van der Waals surface area contributed by atoms with Crippen molar-refractivity contribution in [2.75, 3.05) is 24.0 Å². The first kappa shape index (κ1) is 30.5. The third-order valence-corrected chi connectivity index (χ3v) is 5.53. The molecule has 0 heterocycles. The molecular formula is C18H31N5O8S2. The van der Waals surface area contributed by atoms with Crippen LogP contribution in [-0.4, -0.2) is 94.0 Å². The molecule has 4 unspecified atom stereocenters. The van der Waals surface area contributed by atoms with E-state index in [1.165, 1.54) is 23.5 Å². The first-order valence-electron chi connectivity index (χ1n) is 9.80. The zero-order valence-corrected chi connectivity index (χ0v) is 20.0. The number of amides is 4. The number of thioether (sulfide) groups is 2. The van der Waals surface area contributed by atoms with Gasteiger partial charge in [-0.05, 0) is 36.9 Å². The van der Waals surface area contributed by atoms with E-state index in [-0.39, 0.29) is 12.8 Å². The summed E-state index contributed by atoms with van der Waals surface area (Å²) < 4.78 is 0. The highest BCUT2D eigenvalue weighted by Gasteiger charge is 2.31. The topological polar surface area (TPSA) is 231 Å². The summed E-state index contributed by atoms with van der Waals surface area (Å²) >= 11 is 2.78. The molecule has 0 aliphatic rings. The van der Waals surface area contributed by atoms with Gasteiger partial charge in [-0.15, -0.1) is 0 Å². The average Bonchev–Trinajstić information content (AvgIpc) is 2.71. The van der Waals surface area contributed by atoms with Crippen LogP contribution in [0.2, 0.25) is 0 Å². The van der Waals surface area contributed by atoms with Gasteiger partial charge in [-0.3, -0.25) is 24.0 Å². The van der Waals surface area contributed by atoms with Gasteiger partial charge in [-0.1, -0.05) is 0 Å². The summed E-state index contributed by atoms with van der Waals surface area (Å²) in [7, 11) is 0. The van der Waals surface area contributed by atoms with Crippen molar-refractivity contribution >= 4 is 59.1 Å². The van der Waals surface area contributed by atoms with Crippen molar-refractivity contribution in [1.82, 2.24) is 16.0 Å². The van der Waals surface area contributed by atoms with Gasteiger partial charge in [-0.2, -0.15) is 23.5 Å². The predicted octanol–water partition coefficient (Wildman–Crippen LogP) is -2.29. The number of hydrogen-bond donors (Lipinski definition) is 7. The average molecular weight is 510 g/mol. The van der Waals surface area contributed by atoms with Crippen LogP contribution in [0.1, 0.15) is 25.7 Å². The second-order valence-corrected chi connectivity index (χ2v) is 8.93. The van der Waals surface area contributed by atoms with Crippen molar-refractivity contribution in [2.45, 2.75) is 49.9 Å². The van der Waals surface area contributed by atoms with Crippen molar-refractivity contribution < 1.29 is 39.0 Å². The van der Waals surface area contributed by atoms with Crippen LogP contribution in [0.15, 0.2) is 0 Å². The molecule has 4 amide bonds. The summed E-state index contributed by atoms with van der Waals surface area (Å²) in [5.74, 6) is -5.29. The number of aliphatic carboxylic acids is 2. The van der Waals surface area contributed by atoms with E-state index in [4.69, 9.17) is 16.6 Å². The maximum absolute atomic E-state index is 12.7. The van der Waals surface area contributed by atoms with E-state index < -0.39 is 72.6 Å². The number of carbonyl (C=O) groups excluding carboxylic acids is 4. The van der Waals surface area contributed by atoms with Gasteiger partial charge < -0.3 is 37.6 Å². The molecule has 188 valence electrons. The maximum Gasteiger partial charge on any atom is 0.326 e. The number of carboxylic acids is 2. The molecule has 0 saturated heterocycles. The van der Waals surface area contributed by atoms with Crippen LogP contribution in [0.3, 0.4) is 0 Å². The molecule has 0 radical (unpaired) electrons. The Morgan fingerprint density at radius 2 is 1.21 bits per heavy atom. The molecule has 0 aromatic rings. The smallest absolute Gasteiger partial charge is 0.326 e. The lowest BCUT2D eigenvalue weighted by atomic mass is 10.1. The van der Waals surface area contributed by atoms with E-state index in [0.717, 1.165) is 0 Å². The van der Waals surface area contributed by atoms with Gasteiger partial charge in [0, 0.05) is 0 Å². The van der Waals surface area contributed by atoms with E-state index in [0.29, 0.717) is 11.5 Å². The van der Waals surface area contributed by atoms with Crippen molar-refractivity contribution in [3.63, 3.8) is 0 Å². The molecule has 33 heavy (non-hydrogen) atoms. The van der Waals surface area contributed by atoms with Gasteiger partial charge in [0.25, 0.3) is 0 Å². The summed E-state index contributed by atoms with van der Waals surface area (Å²) in [6.45, 7) is 0. The highest BCUT2D eigenvalue weighted by molar-refractivity contribution is 7.98. The van der Waals surface area contributed by atoms with E-state index in [9.17, 15) is 33.9 Å². The summed E-state index contributed by atoms with van der Waals surface area (Å²) in [5, 5.41) is 25.3. The molecule has 0 rings (SSSR count). The first-order chi connectivity index (χ1) is 15.4. The van der Waals surface area contributed by atoms with Crippen LogP contribution in [0.5, 0.6) is 0 Å². The molecule has 13 nitrogen and oxygen atoms in total. The minimum absolute atomic E-state index is 0.128. The molecule has 0 aromatic heterocycles. The molecule has 0 saturated carbocycles. The van der Waals surface area contributed by atoms with E-state index in [1.54, 1.807) is 12.5 Å². The molecule has 0 spiro atoms. The lowest BCUT2D eigenvalue weighted by Gasteiger charge is -2.24. The van der Waals surface area contributed by atoms with Gasteiger partial charge in [0.05, 0.1) is 18.9 Å². The van der Waals surface area contributed by atoms with Crippen LogP contribution in [0.25, 0.3) is 0 Å². The summed E-state index contributed by atoms with van der Waals surface area (Å²) in [6, 6.07) is -5.33. The third kappa shape index (κ3) is 12.9. The van der Waals surface area contributed by atoms with Crippen molar-refractivity contribution in [2.24, 2.45) is 11.5 Å². The van der Waals surface area contributed by atoms with Gasteiger partial charge in [0.2, 0.25) is 23.6 Å². The van der Waals surface area contributed by atoms with Gasteiger partial charge >= 0.3 is 11.9 Å².